The van der Waals surface area contributed by atoms with Crippen LogP contribution < -0.4 is 5.32 Å². The van der Waals surface area contributed by atoms with Crippen molar-refractivity contribution in [2.45, 2.75) is 12.8 Å². The summed E-state index contributed by atoms with van der Waals surface area (Å²) >= 11 is 0. The predicted molar refractivity (Wildman–Crippen MR) is 92.1 cm³/mol. The normalized spacial score (nSPS) is 10.4. The third-order valence-electron chi connectivity index (χ3n) is 3.67. The van der Waals surface area contributed by atoms with Crippen molar-refractivity contribution in [2.75, 3.05) is 6.54 Å². The molecule has 6 nitrogen and oxygen atoms in total. The van der Waals surface area contributed by atoms with Gasteiger partial charge in [0.05, 0.1) is 0 Å². The zero-order valence-electron chi connectivity index (χ0n) is 13.5. The van der Waals surface area contributed by atoms with Crippen LogP contribution >= 0.6 is 0 Å². The van der Waals surface area contributed by atoms with E-state index < -0.39 is 0 Å². The number of aromatic nitrogens is 2. The molecule has 1 aromatic carbocycles. The van der Waals surface area contributed by atoms with Gasteiger partial charge in [0.25, 0.3) is 5.91 Å². The first-order valence-corrected chi connectivity index (χ1v) is 7.97. The average molecular weight is 335 g/mol. The monoisotopic (exact) mass is 335 g/mol. The molecule has 3 aromatic rings. The van der Waals surface area contributed by atoms with Gasteiger partial charge in [-0.3, -0.25) is 14.6 Å². The summed E-state index contributed by atoms with van der Waals surface area (Å²) in [5.41, 5.74) is 1.71. The lowest BCUT2D eigenvalue weighted by atomic mass is 10.1. The van der Waals surface area contributed by atoms with Crippen LogP contribution in [0.3, 0.4) is 0 Å². The van der Waals surface area contributed by atoms with Crippen molar-refractivity contribution in [2.24, 2.45) is 0 Å². The summed E-state index contributed by atoms with van der Waals surface area (Å²) in [6.07, 6.45) is 4.09. The Morgan fingerprint density at radius 2 is 1.80 bits per heavy atom. The van der Waals surface area contributed by atoms with Gasteiger partial charge in [0, 0.05) is 42.6 Å². The van der Waals surface area contributed by atoms with Crippen molar-refractivity contribution >= 4 is 11.7 Å². The van der Waals surface area contributed by atoms with Crippen molar-refractivity contribution in [1.82, 2.24) is 15.5 Å². The second-order valence-corrected chi connectivity index (χ2v) is 5.46. The van der Waals surface area contributed by atoms with Crippen molar-refractivity contribution in [3.63, 3.8) is 0 Å². The van der Waals surface area contributed by atoms with Crippen LogP contribution in [0, 0.1) is 0 Å². The van der Waals surface area contributed by atoms with Crippen LogP contribution in [-0.4, -0.2) is 28.4 Å². The number of carbonyl (C=O) groups is 2. The zero-order valence-corrected chi connectivity index (χ0v) is 13.5. The summed E-state index contributed by atoms with van der Waals surface area (Å²) in [6, 6.07) is 14.4. The number of carbonyl (C=O) groups excluding carboxylic acids is 2. The number of nitrogens with zero attached hydrogens (tertiary/aromatic N) is 2. The van der Waals surface area contributed by atoms with Crippen LogP contribution in [0.5, 0.6) is 0 Å². The molecule has 0 aliphatic carbocycles. The van der Waals surface area contributed by atoms with Gasteiger partial charge in [0.1, 0.15) is 0 Å². The third kappa shape index (κ3) is 4.38. The van der Waals surface area contributed by atoms with Crippen LogP contribution in [-0.2, 0) is 0 Å². The number of amides is 1. The maximum atomic E-state index is 12.1. The lowest BCUT2D eigenvalue weighted by Gasteiger charge is -2.02. The average Bonchev–Trinajstić information content (AvgIpc) is 3.16. The van der Waals surface area contributed by atoms with E-state index in [1.165, 1.54) is 0 Å². The summed E-state index contributed by atoms with van der Waals surface area (Å²) in [4.78, 5) is 27.9. The Hall–Kier alpha value is -3.28. The molecule has 0 atom stereocenters. The van der Waals surface area contributed by atoms with E-state index in [2.05, 4.69) is 15.5 Å². The number of ketones is 1. The first kappa shape index (κ1) is 16.6. The van der Waals surface area contributed by atoms with Crippen LogP contribution in [0.15, 0.2) is 65.4 Å². The van der Waals surface area contributed by atoms with E-state index in [9.17, 15) is 9.59 Å². The van der Waals surface area contributed by atoms with E-state index in [1.807, 2.05) is 30.3 Å². The van der Waals surface area contributed by atoms with Gasteiger partial charge in [-0.15, -0.1) is 0 Å². The Morgan fingerprint density at radius 3 is 2.56 bits per heavy atom. The quantitative estimate of drug-likeness (QED) is 0.529. The van der Waals surface area contributed by atoms with Crippen LogP contribution in [0.2, 0.25) is 0 Å². The highest BCUT2D eigenvalue weighted by Gasteiger charge is 2.13. The molecule has 0 saturated carbocycles. The van der Waals surface area contributed by atoms with E-state index in [4.69, 9.17) is 4.52 Å². The standard InChI is InChI=1S/C19H17N3O3/c23-17(14-8-11-20-12-9-14)7-4-10-21-19(24)16-13-18(25-22-16)15-5-2-1-3-6-15/h1-3,5-6,8-9,11-13H,4,7,10H2,(H,21,24). The molecule has 0 radical (unpaired) electrons. The molecular formula is C19H17N3O3. The number of hydrogen-bond acceptors (Lipinski definition) is 5. The van der Waals surface area contributed by atoms with Gasteiger partial charge in [-0.25, -0.2) is 0 Å². The fourth-order valence-corrected chi connectivity index (χ4v) is 2.34. The number of Topliss-reactive ketones (excluding diaryl/α,β-unsaturated/α-hetero) is 1. The summed E-state index contributed by atoms with van der Waals surface area (Å²) in [5, 5.41) is 6.54. The Balaban J connectivity index is 1.47. The molecule has 25 heavy (non-hydrogen) atoms. The van der Waals surface area contributed by atoms with Gasteiger partial charge in [-0.05, 0) is 18.6 Å². The van der Waals surface area contributed by atoms with E-state index in [0.29, 0.717) is 30.7 Å². The topological polar surface area (TPSA) is 85.1 Å². The molecule has 0 unspecified atom stereocenters. The molecule has 3 rings (SSSR count). The van der Waals surface area contributed by atoms with Crippen molar-refractivity contribution in [1.29, 1.82) is 0 Å². The highest BCUT2D eigenvalue weighted by atomic mass is 16.5. The predicted octanol–water partition coefficient (Wildman–Crippen LogP) is 3.13. The molecule has 6 heteroatoms. The lowest BCUT2D eigenvalue weighted by Crippen LogP contribution is -2.25. The molecular weight excluding hydrogens is 318 g/mol. The third-order valence-corrected chi connectivity index (χ3v) is 3.67. The first-order chi connectivity index (χ1) is 12.2. The smallest absolute Gasteiger partial charge is 0.273 e. The maximum absolute atomic E-state index is 12.1. The number of hydrogen-bond donors (Lipinski definition) is 1. The van der Waals surface area contributed by atoms with Gasteiger partial charge < -0.3 is 9.84 Å². The van der Waals surface area contributed by atoms with Gasteiger partial charge >= 0.3 is 0 Å². The SMILES string of the molecule is O=C(CCCNC(=O)c1cc(-c2ccccc2)on1)c1ccncc1. The molecule has 2 aromatic heterocycles. The number of pyridine rings is 1. The molecule has 0 bridgehead atoms. The van der Waals surface area contributed by atoms with Gasteiger partial charge in [0.2, 0.25) is 0 Å². The van der Waals surface area contributed by atoms with Crippen LogP contribution in [0.1, 0.15) is 33.7 Å². The highest BCUT2D eigenvalue weighted by molar-refractivity contribution is 5.96. The highest BCUT2D eigenvalue weighted by Crippen LogP contribution is 2.19. The number of benzene rings is 1. The molecule has 1 N–H and O–H groups in total. The minimum atomic E-state index is -0.317. The van der Waals surface area contributed by atoms with Gasteiger partial charge in [-0.1, -0.05) is 35.5 Å². The van der Waals surface area contributed by atoms with Crippen LogP contribution in [0.25, 0.3) is 11.3 Å². The van der Waals surface area contributed by atoms with E-state index >= 15 is 0 Å². The van der Waals surface area contributed by atoms with E-state index in [-0.39, 0.29) is 17.4 Å². The zero-order chi connectivity index (χ0) is 17.5. The summed E-state index contributed by atoms with van der Waals surface area (Å²) in [5.74, 6) is 0.255. The molecule has 0 aliphatic rings. The van der Waals surface area contributed by atoms with Crippen molar-refractivity contribution in [3.05, 3.63) is 72.2 Å². The summed E-state index contributed by atoms with van der Waals surface area (Å²) in [7, 11) is 0. The molecule has 126 valence electrons. The van der Waals surface area contributed by atoms with Crippen molar-refractivity contribution < 1.29 is 14.1 Å². The molecule has 0 fully saturated rings. The molecule has 0 aliphatic heterocycles. The summed E-state index contributed by atoms with van der Waals surface area (Å²) < 4.78 is 5.20. The first-order valence-electron chi connectivity index (χ1n) is 7.97. The van der Waals surface area contributed by atoms with E-state index in [0.717, 1.165) is 5.56 Å². The maximum Gasteiger partial charge on any atom is 0.273 e. The van der Waals surface area contributed by atoms with Gasteiger partial charge in [0.15, 0.2) is 17.2 Å². The molecule has 0 saturated heterocycles. The Bertz CT molecular complexity index is 845. The fraction of sp³-hybridized carbons (Fsp3) is 0.158. The Morgan fingerprint density at radius 1 is 1.04 bits per heavy atom. The fourth-order valence-electron chi connectivity index (χ4n) is 2.34. The second kappa shape index (κ2) is 8.01. The molecule has 2 heterocycles. The molecule has 1 amide bonds. The number of rotatable bonds is 7. The van der Waals surface area contributed by atoms with E-state index in [1.54, 1.807) is 30.6 Å². The van der Waals surface area contributed by atoms with Gasteiger partial charge in [-0.2, -0.15) is 0 Å². The summed E-state index contributed by atoms with van der Waals surface area (Å²) in [6.45, 7) is 0.392. The van der Waals surface area contributed by atoms with Crippen LogP contribution in [0.4, 0.5) is 0 Å². The lowest BCUT2D eigenvalue weighted by molar-refractivity contribution is 0.0931. The number of nitrogens with one attached hydrogen (secondary N) is 1. The molecule has 0 spiro atoms. The Labute approximate surface area is 144 Å². The minimum Gasteiger partial charge on any atom is -0.355 e. The largest absolute Gasteiger partial charge is 0.355 e. The minimum absolute atomic E-state index is 0.0319. The Kier molecular flexibility index (Phi) is 5.31. The van der Waals surface area contributed by atoms with Crippen molar-refractivity contribution in [3.8, 4) is 11.3 Å². The second-order valence-electron chi connectivity index (χ2n) is 5.46.